The molecule has 0 heterocycles. The monoisotopic (exact) mass is 403 g/mol. The molecule has 0 aliphatic heterocycles. The fourth-order valence-corrected chi connectivity index (χ4v) is 3.61. The summed E-state index contributed by atoms with van der Waals surface area (Å²) >= 11 is 0. The number of amides is 2. The van der Waals surface area contributed by atoms with Crippen molar-refractivity contribution >= 4 is 27.5 Å². The second-order valence-electron chi connectivity index (χ2n) is 6.37. The molecule has 7 nitrogen and oxygen atoms in total. The Morgan fingerprint density at radius 2 is 1.57 bits per heavy atom. The summed E-state index contributed by atoms with van der Waals surface area (Å²) in [6, 6.07) is 12.8. The van der Waals surface area contributed by atoms with Gasteiger partial charge in [-0.05, 0) is 49.7 Å². The molecule has 0 fully saturated rings. The Morgan fingerprint density at radius 1 is 0.964 bits per heavy atom. The Morgan fingerprint density at radius 3 is 2.14 bits per heavy atom. The summed E-state index contributed by atoms with van der Waals surface area (Å²) in [4.78, 5) is 23.9. The van der Waals surface area contributed by atoms with Crippen molar-refractivity contribution in [3.63, 3.8) is 0 Å². The SMILES string of the molecule is CCCNC(=O)CNC(=O)c1ccc(N(C)S(=O)(=O)c2ccc(C)cc2)cc1. The van der Waals surface area contributed by atoms with Gasteiger partial charge in [0.1, 0.15) is 0 Å². The van der Waals surface area contributed by atoms with Gasteiger partial charge in [-0.15, -0.1) is 0 Å². The van der Waals surface area contributed by atoms with Crippen molar-refractivity contribution in [2.24, 2.45) is 0 Å². The van der Waals surface area contributed by atoms with E-state index < -0.39 is 15.9 Å². The molecule has 0 aromatic heterocycles. The number of nitrogens with one attached hydrogen (secondary N) is 2. The van der Waals surface area contributed by atoms with Crippen LogP contribution >= 0.6 is 0 Å². The zero-order valence-electron chi connectivity index (χ0n) is 16.2. The third-order valence-electron chi connectivity index (χ3n) is 4.15. The molecule has 28 heavy (non-hydrogen) atoms. The molecule has 2 rings (SSSR count). The van der Waals surface area contributed by atoms with E-state index in [2.05, 4.69) is 10.6 Å². The average molecular weight is 404 g/mol. The van der Waals surface area contributed by atoms with Gasteiger partial charge in [-0.3, -0.25) is 13.9 Å². The topological polar surface area (TPSA) is 95.6 Å². The number of rotatable bonds is 8. The molecule has 0 aliphatic rings. The van der Waals surface area contributed by atoms with Crippen LogP contribution in [0, 0.1) is 6.92 Å². The lowest BCUT2D eigenvalue weighted by Gasteiger charge is -2.20. The summed E-state index contributed by atoms with van der Waals surface area (Å²) in [6.07, 6.45) is 0.820. The van der Waals surface area contributed by atoms with Gasteiger partial charge >= 0.3 is 0 Å². The highest BCUT2D eigenvalue weighted by atomic mass is 32.2. The predicted molar refractivity (Wildman–Crippen MR) is 109 cm³/mol. The lowest BCUT2D eigenvalue weighted by atomic mass is 10.2. The van der Waals surface area contributed by atoms with Crippen LogP contribution in [0.15, 0.2) is 53.4 Å². The second kappa shape index (κ2) is 9.36. The van der Waals surface area contributed by atoms with E-state index >= 15 is 0 Å². The van der Waals surface area contributed by atoms with E-state index in [0.29, 0.717) is 17.8 Å². The molecule has 0 saturated carbocycles. The number of hydrogen-bond donors (Lipinski definition) is 2. The van der Waals surface area contributed by atoms with E-state index in [1.807, 2.05) is 13.8 Å². The predicted octanol–water partition coefficient (Wildman–Crippen LogP) is 2.08. The molecular formula is C20H25N3O4S. The molecule has 0 atom stereocenters. The maximum Gasteiger partial charge on any atom is 0.264 e. The zero-order valence-corrected chi connectivity index (χ0v) is 17.0. The molecule has 0 aliphatic carbocycles. The fourth-order valence-electron chi connectivity index (χ4n) is 2.42. The average Bonchev–Trinajstić information content (AvgIpc) is 2.70. The van der Waals surface area contributed by atoms with Crippen LogP contribution in [0.1, 0.15) is 29.3 Å². The van der Waals surface area contributed by atoms with Gasteiger partial charge in [-0.1, -0.05) is 24.6 Å². The zero-order chi connectivity index (χ0) is 20.7. The van der Waals surface area contributed by atoms with Gasteiger partial charge in [0.15, 0.2) is 0 Å². The van der Waals surface area contributed by atoms with E-state index in [4.69, 9.17) is 0 Å². The first-order chi connectivity index (χ1) is 13.3. The van der Waals surface area contributed by atoms with Crippen LogP contribution in [0.4, 0.5) is 5.69 Å². The number of sulfonamides is 1. The fraction of sp³-hybridized carbons (Fsp3) is 0.300. The Balaban J connectivity index is 2.05. The molecule has 2 aromatic carbocycles. The Bertz CT molecular complexity index is 923. The highest BCUT2D eigenvalue weighted by Crippen LogP contribution is 2.22. The molecule has 2 N–H and O–H groups in total. The summed E-state index contributed by atoms with van der Waals surface area (Å²) < 4.78 is 26.6. The number of carbonyl (C=O) groups excluding carboxylic acids is 2. The van der Waals surface area contributed by atoms with E-state index in [1.165, 1.54) is 19.2 Å². The minimum absolute atomic E-state index is 0.109. The minimum Gasteiger partial charge on any atom is -0.355 e. The lowest BCUT2D eigenvalue weighted by Crippen LogP contribution is -2.37. The Kier molecular flexibility index (Phi) is 7.17. The van der Waals surface area contributed by atoms with Crippen molar-refractivity contribution in [3.8, 4) is 0 Å². The van der Waals surface area contributed by atoms with Crippen LogP contribution in [0.3, 0.4) is 0 Å². The molecule has 8 heteroatoms. The third-order valence-corrected chi connectivity index (χ3v) is 5.95. The number of aryl methyl sites for hydroxylation is 1. The smallest absolute Gasteiger partial charge is 0.264 e. The quantitative estimate of drug-likeness (QED) is 0.705. The van der Waals surface area contributed by atoms with Crippen LogP contribution in [0.25, 0.3) is 0 Å². The van der Waals surface area contributed by atoms with Crippen LogP contribution in [0.2, 0.25) is 0 Å². The molecular weight excluding hydrogens is 378 g/mol. The summed E-state index contributed by atoms with van der Waals surface area (Å²) in [5, 5.41) is 5.21. The standard InChI is InChI=1S/C20H25N3O4S/c1-4-13-21-19(24)14-22-20(25)16-7-9-17(10-8-16)23(3)28(26,27)18-11-5-15(2)6-12-18/h5-12H,4,13-14H2,1-3H3,(H,21,24)(H,22,25). The van der Waals surface area contributed by atoms with Crippen molar-refractivity contribution in [2.45, 2.75) is 25.2 Å². The molecule has 0 unspecified atom stereocenters. The number of nitrogens with zero attached hydrogens (tertiary/aromatic N) is 1. The third kappa shape index (κ3) is 5.32. The van der Waals surface area contributed by atoms with E-state index in [1.54, 1.807) is 36.4 Å². The van der Waals surface area contributed by atoms with Crippen LogP contribution in [0.5, 0.6) is 0 Å². The second-order valence-corrected chi connectivity index (χ2v) is 8.33. The molecule has 2 amide bonds. The molecule has 0 saturated heterocycles. The van der Waals surface area contributed by atoms with Crippen LogP contribution in [-0.2, 0) is 14.8 Å². The molecule has 2 aromatic rings. The number of carbonyl (C=O) groups is 2. The van der Waals surface area contributed by atoms with E-state index in [0.717, 1.165) is 16.3 Å². The summed E-state index contributed by atoms with van der Waals surface area (Å²) in [5.74, 6) is -0.655. The van der Waals surface area contributed by atoms with Crippen molar-refractivity contribution in [2.75, 3.05) is 24.4 Å². The minimum atomic E-state index is -3.69. The van der Waals surface area contributed by atoms with Gasteiger partial charge in [0.2, 0.25) is 5.91 Å². The highest BCUT2D eigenvalue weighted by molar-refractivity contribution is 7.92. The summed E-state index contributed by atoms with van der Waals surface area (Å²) in [7, 11) is -2.23. The number of hydrogen-bond acceptors (Lipinski definition) is 4. The number of anilines is 1. The molecule has 150 valence electrons. The van der Waals surface area contributed by atoms with Crippen molar-refractivity contribution in [1.29, 1.82) is 0 Å². The number of benzene rings is 2. The first-order valence-corrected chi connectivity index (χ1v) is 10.4. The van der Waals surface area contributed by atoms with Gasteiger partial charge in [-0.25, -0.2) is 8.42 Å². The lowest BCUT2D eigenvalue weighted by molar-refractivity contribution is -0.120. The van der Waals surface area contributed by atoms with Crippen molar-refractivity contribution in [1.82, 2.24) is 10.6 Å². The summed E-state index contributed by atoms with van der Waals surface area (Å²) in [6.45, 7) is 4.28. The molecule has 0 spiro atoms. The van der Waals surface area contributed by atoms with Gasteiger partial charge < -0.3 is 10.6 Å². The van der Waals surface area contributed by atoms with Gasteiger partial charge in [0.05, 0.1) is 17.1 Å². The summed E-state index contributed by atoms with van der Waals surface area (Å²) in [5.41, 5.74) is 1.74. The Hall–Kier alpha value is -2.87. The van der Waals surface area contributed by atoms with E-state index in [-0.39, 0.29) is 17.3 Å². The maximum absolute atomic E-state index is 12.7. The van der Waals surface area contributed by atoms with Gasteiger partial charge in [0, 0.05) is 19.2 Å². The van der Waals surface area contributed by atoms with Crippen LogP contribution in [-0.4, -0.2) is 40.4 Å². The first-order valence-electron chi connectivity index (χ1n) is 8.96. The van der Waals surface area contributed by atoms with Gasteiger partial charge in [-0.2, -0.15) is 0 Å². The normalized spacial score (nSPS) is 11.0. The largest absolute Gasteiger partial charge is 0.355 e. The van der Waals surface area contributed by atoms with Crippen molar-refractivity contribution in [3.05, 3.63) is 59.7 Å². The highest BCUT2D eigenvalue weighted by Gasteiger charge is 2.21. The van der Waals surface area contributed by atoms with Crippen LogP contribution < -0.4 is 14.9 Å². The molecule has 0 radical (unpaired) electrons. The maximum atomic E-state index is 12.7. The Labute approximate surface area is 165 Å². The van der Waals surface area contributed by atoms with Gasteiger partial charge in [0.25, 0.3) is 15.9 Å². The first kappa shape index (κ1) is 21.4. The van der Waals surface area contributed by atoms with E-state index in [9.17, 15) is 18.0 Å². The molecule has 0 bridgehead atoms. The van der Waals surface area contributed by atoms with Crippen molar-refractivity contribution < 1.29 is 18.0 Å².